The minimum absolute atomic E-state index is 0.0908. The first kappa shape index (κ1) is 52.1. The van der Waals surface area contributed by atoms with E-state index < -0.39 is 6.10 Å². The predicted molar refractivity (Wildman–Crippen MR) is 233 cm³/mol. The molecule has 0 aromatic heterocycles. The van der Waals surface area contributed by atoms with E-state index >= 15 is 0 Å². The molecular weight excluding hydrogens is 685 g/mol. The number of hydrogen-bond acceptors (Lipinski definition) is 6. The number of carbonyl (C=O) groups excluding carboxylic acids is 3. The van der Waals surface area contributed by atoms with Crippen molar-refractivity contribution in [3.05, 3.63) is 60.8 Å². The number of rotatable bonds is 40. The molecule has 0 aromatic carbocycles. The fourth-order valence-electron chi connectivity index (χ4n) is 6.12. The molecular formula is C49H84O6. The summed E-state index contributed by atoms with van der Waals surface area (Å²) in [6, 6.07) is 0. The molecule has 0 aromatic rings. The fraction of sp³-hybridized carbons (Fsp3) is 0.735. The standard InChI is InChI=1S/C49H84O6/c1-4-7-10-13-16-18-20-22-24-25-26-28-29-31-33-36-39-42-48(51)54-45-46(44-53-47(50)41-38-35-15-12-9-6-3)55-49(52)43-40-37-34-32-30-27-23-21-19-17-14-11-8-5-2/h7,10,16,18,22,24,26,28,31,33,46H,4-6,8-9,11-15,17,19-21,23,25,27,29-30,32,34-45H2,1-3H3/b10-7-,18-16-,24-22-,28-26-,33-31-. The van der Waals surface area contributed by atoms with E-state index in [0.29, 0.717) is 19.3 Å². The molecule has 6 heteroatoms. The molecule has 0 bridgehead atoms. The summed E-state index contributed by atoms with van der Waals surface area (Å²) < 4.78 is 16.6. The first-order valence-corrected chi connectivity index (χ1v) is 22.8. The molecule has 0 heterocycles. The number of hydrogen-bond donors (Lipinski definition) is 0. The van der Waals surface area contributed by atoms with Gasteiger partial charge in [-0.05, 0) is 57.8 Å². The first-order valence-electron chi connectivity index (χ1n) is 22.8. The van der Waals surface area contributed by atoms with Crippen molar-refractivity contribution in [1.29, 1.82) is 0 Å². The number of allylic oxidation sites excluding steroid dienone is 10. The molecule has 1 atom stereocenters. The van der Waals surface area contributed by atoms with E-state index in [0.717, 1.165) is 77.0 Å². The zero-order valence-electron chi connectivity index (χ0n) is 35.9. The Morgan fingerprint density at radius 2 is 0.709 bits per heavy atom. The summed E-state index contributed by atoms with van der Waals surface area (Å²) in [6.45, 7) is 6.40. The molecule has 1 unspecified atom stereocenters. The Kier molecular flexibility index (Phi) is 41.5. The molecule has 0 spiro atoms. The highest BCUT2D eigenvalue weighted by atomic mass is 16.6. The zero-order valence-corrected chi connectivity index (χ0v) is 35.9. The molecule has 6 nitrogen and oxygen atoms in total. The van der Waals surface area contributed by atoms with Gasteiger partial charge in [-0.3, -0.25) is 14.4 Å². The van der Waals surface area contributed by atoms with Gasteiger partial charge in [-0.2, -0.15) is 0 Å². The quantitative estimate of drug-likeness (QED) is 0.0267. The summed E-state index contributed by atoms with van der Waals surface area (Å²) in [5.74, 6) is -0.962. The average molecular weight is 769 g/mol. The Balaban J connectivity index is 4.36. The summed E-state index contributed by atoms with van der Waals surface area (Å²) in [5.41, 5.74) is 0. The minimum atomic E-state index is -0.789. The third-order valence-electron chi connectivity index (χ3n) is 9.54. The molecule has 0 saturated heterocycles. The minimum Gasteiger partial charge on any atom is -0.462 e. The predicted octanol–water partition coefficient (Wildman–Crippen LogP) is 14.5. The van der Waals surface area contributed by atoms with Crippen LogP contribution in [0.4, 0.5) is 0 Å². The van der Waals surface area contributed by atoms with Gasteiger partial charge in [-0.25, -0.2) is 0 Å². The van der Waals surface area contributed by atoms with E-state index in [-0.39, 0.29) is 37.5 Å². The molecule has 0 aliphatic rings. The van der Waals surface area contributed by atoms with Crippen molar-refractivity contribution < 1.29 is 28.6 Å². The molecule has 0 N–H and O–H groups in total. The lowest BCUT2D eigenvalue weighted by Crippen LogP contribution is -2.30. The van der Waals surface area contributed by atoms with Gasteiger partial charge in [0, 0.05) is 19.3 Å². The average Bonchev–Trinajstić information content (AvgIpc) is 3.18. The van der Waals surface area contributed by atoms with Crippen LogP contribution in [0.2, 0.25) is 0 Å². The van der Waals surface area contributed by atoms with E-state index in [1.807, 2.05) is 0 Å². The maximum Gasteiger partial charge on any atom is 0.306 e. The van der Waals surface area contributed by atoms with Gasteiger partial charge in [0.15, 0.2) is 6.10 Å². The van der Waals surface area contributed by atoms with Gasteiger partial charge in [0.05, 0.1) is 0 Å². The van der Waals surface area contributed by atoms with E-state index in [1.54, 1.807) is 0 Å². The van der Waals surface area contributed by atoms with Crippen LogP contribution in [-0.4, -0.2) is 37.2 Å². The van der Waals surface area contributed by atoms with Crippen LogP contribution in [0, 0.1) is 0 Å². The van der Waals surface area contributed by atoms with Crippen LogP contribution in [0.15, 0.2) is 60.8 Å². The zero-order chi connectivity index (χ0) is 40.1. The maximum absolute atomic E-state index is 12.7. The van der Waals surface area contributed by atoms with Crippen LogP contribution in [0.5, 0.6) is 0 Å². The molecule has 0 radical (unpaired) electrons. The number of ether oxygens (including phenoxy) is 3. The second-order valence-corrected chi connectivity index (χ2v) is 14.9. The van der Waals surface area contributed by atoms with Gasteiger partial charge in [0.1, 0.15) is 13.2 Å². The second-order valence-electron chi connectivity index (χ2n) is 14.9. The van der Waals surface area contributed by atoms with Crippen LogP contribution in [0.25, 0.3) is 0 Å². The lowest BCUT2D eigenvalue weighted by molar-refractivity contribution is -0.167. The number of unbranched alkanes of at least 4 members (excludes halogenated alkanes) is 19. The monoisotopic (exact) mass is 769 g/mol. The largest absolute Gasteiger partial charge is 0.462 e. The summed E-state index contributed by atoms with van der Waals surface area (Å²) >= 11 is 0. The molecule has 0 amide bonds. The third kappa shape index (κ3) is 42.1. The van der Waals surface area contributed by atoms with Crippen molar-refractivity contribution in [3.63, 3.8) is 0 Å². The number of carbonyl (C=O) groups is 3. The van der Waals surface area contributed by atoms with Gasteiger partial charge >= 0.3 is 17.9 Å². The Morgan fingerprint density at radius 1 is 0.382 bits per heavy atom. The molecule has 316 valence electrons. The fourth-order valence-corrected chi connectivity index (χ4v) is 6.12. The van der Waals surface area contributed by atoms with Crippen LogP contribution in [0.1, 0.15) is 213 Å². The Labute approximate surface area is 339 Å². The third-order valence-corrected chi connectivity index (χ3v) is 9.54. The van der Waals surface area contributed by atoms with Crippen molar-refractivity contribution in [2.24, 2.45) is 0 Å². The van der Waals surface area contributed by atoms with E-state index in [4.69, 9.17) is 14.2 Å². The van der Waals surface area contributed by atoms with Crippen LogP contribution in [0.3, 0.4) is 0 Å². The van der Waals surface area contributed by atoms with Crippen molar-refractivity contribution in [3.8, 4) is 0 Å². The normalized spacial score (nSPS) is 12.6. The SMILES string of the molecule is CC/C=C\C/C=C\C/C=C\C/C=C\C/C=C\CCCC(=O)OCC(COC(=O)CCCCCCCC)OC(=O)CCCCCCCCCCCCCCCC. The highest BCUT2D eigenvalue weighted by Gasteiger charge is 2.19. The summed E-state index contributed by atoms with van der Waals surface area (Å²) in [7, 11) is 0. The van der Waals surface area contributed by atoms with Crippen LogP contribution >= 0.6 is 0 Å². The van der Waals surface area contributed by atoms with Crippen molar-refractivity contribution in [2.45, 2.75) is 219 Å². The molecule has 0 rings (SSSR count). The van der Waals surface area contributed by atoms with Gasteiger partial charge in [-0.1, -0.05) is 197 Å². The first-order chi connectivity index (χ1) is 27.0. The van der Waals surface area contributed by atoms with E-state index in [1.165, 1.54) is 89.9 Å². The Morgan fingerprint density at radius 3 is 1.11 bits per heavy atom. The molecule has 0 fully saturated rings. The Hall–Kier alpha value is -2.89. The summed E-state index contributed by atoms with van der Waals surface area (Å²) in [6.07, 6.45) is 52.3. The van der Waals surface area contributed by atoms with Crippen LogP contribution < -0.4 is 0 Å². The highest BCUT2D eigenvalue weighted by Crippen LogP contribution is 2.14. The van der Waals surface area contributed by atoms with Crippen molar-refractivity contribution in [1.82, 2.24) is 0 Å². The van der Waals surface area contributed by atoms with Gasteiger partial charge in [0.2, 0.25) is 0 Å². The summed E-state index contributed by atoms with van der Waals surface area (Å²) in [5, 5.41) is 0. The highest BCUT2D eigenvalue weighted by molar-refractivity contribution is 5.71. The van der Waals surface area contributed by atoms with Gasteiger partial charge < -0.3 is 14.2 Å². The second kappa shape index (κ2) is 43.8. The maximum atomic E-state index is 12.7. The number of esters is 3. The Bertz CT molecular complexity index is 1020. The molecule has 0 aliphatic carbocycles. The smallest absolute Gasteiger partial charge is 0.306 e. The van der Waals surface area contributed by atoms with Crippen LogP contribution in [-0.2, 0) is 28.6 Å². The molecule has 0 aliphatic heterocycles. The van der Waals surface area contributed by atoms with Gasteiger partial charge in [-0.15, -0.1) is 0 Å². The lowest BCUT2D eigenvalue weighted by Gasteiger charge is -2.18. The molecule has 55 heavy (non-hydrogen) atoms. The van der Waals surface area contributed by atoms with Crippen molar-refractivity contribution in [2.75, 3.05) is 13.2 Å². The van der Waals surface area contributed by atoms with E-state index in [9.17, 15) is 14.4 Å². The summed E-state index contributed by atoms with van der Waals surface area (Å²) in [4.78, 5) is 37.5. The molecule has 0 saturated carbocycles. The topological polar surface area (TPSA) is 78.9 Å². The van der Waals surface area contributed by atoms with Crippen molar-refractivity contribution >= 4 is 17.9 Å². The van der Waals surface area contributed by atoms with E-state index in [2.05, 4.69) is 81.5 Å². The lowest BCUT2D eigenvalue weighted by atomic mass is 10.0. The van der Waals surface area contributed by atoms with Gasteiger partial charge in [0.25, 0.3) is 0 Å².